The molecular weight excluding hydrogens is 410 g/mol. The van der Waals surface area contributed by atoms with Gasteiger partial charge in [-0.25, -0.2) is 4.98 Å². The summed E-state index contributed by atoms with van der Waals surface area (Å²) >= 11 is 0. The maximum Gasteiger partial charge on any atom is 0.251 e. The number of rotatable bonds is 10. The van der Waals surface area contributed by atoms with Crippen molar-refractivity contribution in [2.45, 2.75) is 39.7 Å². The number of hydrogen-bond donors (Lipinski definition) is 1. The molecule has 1 N–H and O–H groups in total. The van der Waals surface area contributed by atoms with Crippen LogP contribution >= 0.6 is 0 Å². The number of aromatic nitrogens is 2. The van der Waals surface area contributed by atoms with Gasteiger partial charge in [-0.2, -0.15) is 0 Å². The molecule has 1 aromatic heterocycles. The van der Waals surface area contributed by atoms with Crippen molar-refractivity contribution >= 4 is 16.9 Å². The minimum Gasteiger partial charge on any atom is -0.494 e. The molecule has 5 nitrogen and oxygen atoms in total. The highest BCUT2D eigenvalue weighted by Gasteiger charge is 2.11. The van der Waals surface area contributed by atoms with Gasteiger partial charge in [0.1, 0.15) is 11.6 Å². The van der Waals surface area contributed by atoms with Crippen molar-refractivity contribution in [3.05, 3.63) is 95.3 Å². The molecule has 0 unspecified atom stereocenters. The molecule has 33 heavy (non-hydrogen) atoms. The van der Waals surface area contributed by atoms with E-state index >= 15 is 0 Å². The fourth-order valence-electron chi connectivity index (χ4n) is 3.89. The van der Waals surface area contributed by atoms with Crippen molar-refractivity contribution in [2.75, 3.05) is 13.2 Å². The van der Waals surface area contributed by atoms with Crippen molar-refractivity contribution in [1.29, 1.82) is 0 Å². The summed E-state index contributed by atoms with van der Waals surface area (Å²) in [6, 6.07) is 24.1. The second-order valence-corrected chi connectivity index (χ2v) is 8.24. The Morgan fingerprint density at radius 1 is 1.00 bits per heavy atom. The monoisotopic (exact) mass is 441 g/mol. The lowest BCUT2D eigenvalue weighted by molar-refractivity contribution is 0.0954. The molecule has 170 valence electrons. The largest absolute Gasteiger partial charge is 0.494 e. The van der Waals surface area contributed by atoms with E-state index in [1.54, 1.807) is 0 Å². The smallest absolute Gasteiger partial charge is 0.251 e. The lowest BCUT2D eigenvalue weighted by atomic mass is 10.1. The van der Waals surface area contributed by atoms with Crippen molar-refractivity contribution in [1.82, 2.24) is 14.9 Å². The Morgan fingerprint density at radius 3 is 2.52 bits per heavy atom. The minimum atomic E-state index is -0.0554. The van der Waals surface area contributed by atoms with E-state index in [9.17, 15) is 4.79 Å². The molecule has 4 rings (SSSR count). The topological polar surface area (TPSA) is 56.1 Å². The summed E-state index contributed by atoms with van der Waals surface area (Å²) < 4.78 is 8.18. The number of amides is 1. The van der Waals surface area contributed by atoms with Crippen LogP contribution < -0.4 is 10.1 Å². The zero-order valence-electron chi connectivity index (χ0n) is 19.4. The predicted molar refractivity (Wildman–Crippen MR) is 133 cm³/mol. The van der Waals surface area contributed by atoms with E-state index in [2.05, 4.69) is 35.0 Å². The Bertz CT molecular complexity index is 1190. The third-order valence-electron chi connectivity index (χ3n) is 5.81. The lowest BCUT2D eigenvalue weighted by Crippen LogP contribution is -2.26. The van der Waals surface area contributed by atoms with Crippen LogP contribution in [0.15, 0.2) is 72.8 Å². The van der Waals surface area contributed by atoms with E-state index in [1.807, 2.05) is 61.5 Å². The summed E-state index contributed by atoms with van der Waals surface area (Å²) in [5, 5.41) is 3.02. The van der Waals surface area contributed by atoms with E-state index in [1.165, 1.54) is 5.56 Å². The Labute approximate surface area is 195 Å². The van der Waals surface area contributed by atoms with Crippen LogP contribution in [-0.2, 0) is 19.4 Å². The molecule has 0 spiro atoms. The van der Waals surface area contributed by atoms with Crippen LogP contribution in [-0.4, -0.2) is 28.6 Å². The Kier molecular flexibility index (Phi) is 7.40. The standard InChI is InChI=1S/C28H31N3O2/c1-3-22-11-15-24(16-12-22)33-20-6-19-31-26-8-5-4-7-25(26)30-27(31)17-18-29-28(32)23-13-9-21(2)10-14-23/h4-5,7-16H,3,6,17-20H2,1-2H3,(H,29,32). The average molecular weight is 442 g/mol. The number of aryl methyl sites for hydroxylation is 3. The summed E-state index contributed by atoms with van der Waals surface area (Å²) in [5.41, 5.74) is 5.23. The van der Waals surface area contributed by atoms with Gasteiger partial charge in [0.25, 0.3) is 5.91 Å². The van der Waals surface area contributed by atoms with E-state index in [0.29, 0.717) is 25.1 Å². The SMILES string of the molecule is CCc1ccc(OCCCn2c(CCNC(=O)c3ccc(C)cc3)nc3ccccc32)cc1. The van der Waals surface area contributed by atoms with E-state index in [-0.39, 0.29) is 5.91 Å². The van der Waals surface area contributed by atoms with Crippen molar-refractivity contribution in [3.8, 4) is 5.75 Å². The first kappa shape index (κ1) is 22.6. The van der Waals surface area contributed by atoms with Crippen LogP contribution in [0, 0.1) is 6.92 Å². The number of para-hydroxylation sites is 2. The van der Waals surface area contributed by atoms with Crippen LogP contribution in [0.2, 0.25) is 0 Å². The molecule has 4 aromatic rings. The normalized spacial score (nSPS) is 11.0. The fraction of sp³-hybridized carbons (Fsp3) is 0.286. The van der Waals surface area contributed by atoms with Gasteiger partial charge in [-0.1, -0.05) is 48.9 Å². The summed E-state index contributed by atoms with van der Waals surface area (Å²) in [6.45, 7) is 6.16. The number of benzene rings is 3. The molecule has 1 amide bonds. The molecule has 0 radical (unpaired) electrons. The Balaban J connectivity index is 1.35. The van der Waals surface area contributed by atoms with Gasteiger partial charge >= 0.3 is 0 Å². The number of carbonyl (C=O) groups excluding carboxylic acids is 1. The highest BCUT2D eigenvalue weighted by atomic mass is 16.5. The van der Waals surface area contributed by atoms with E-state index < -0.39 is 0 Å². The zero-order chi connectivity index (χ0) is 23.0. The number of fused-ring (bicyclic) bond motifs is 1. The van der Waals surface area contributed by atoms with Gasteiger partial charge in [-0.05, 0) is 61.7 Å². The maximum absolute atomic E-state index is 12.4. The van der Waals surface area contributed by atoms with Gasteiger partial charge in [0.2, 0.25) is 0 Å². The van der Waals surface area contributed by atoms with Crippen LogP contribution in [0.4, 0.5) is 0 Å². The minimum absolute atomic E-state index is 0.0554. The number of ether oxygens (including phenoxy) is 1. The van der Waals surface area contributed by atoms with Gasteiger partial charge in [0, 0.05) is 25.1 Å². The average Bonchev–Trinajstić information content (AvgIpc) is 3.20. The highest BCUT2D eigenvalue weighted by Crippen LogP contribution is 2.18. The first-order valence-corrected chi connectivity index (χ1v) is 11.6. The van der Waals surface area contributed by atoms with Crippen LogP contribution in [0.25, 0.3) is 11.0 Å². The van der Waals surface area contributed by atoms with Crippen LogP contribution in [0.3, 0.4) is 0 Å². The second-order valence-electron chi connectivity index (χ2n) is 8.24. The molecule has 0 aliphatic rings. The second kappa shape index (κ2) is 10.8. The number of nitrogens with one attached hydrogen (secondary N) is 1. The molecule has 3 aromatic carbocycles. The quantitative estimate of drug-likeness (QED) is 0.338. The number of hydrogen-bond acceptors (Lipinski definition) is 3. The molecule has 1 heterocycles. The third-order valence-corrected chi connectivity index (χ3v) is 5.81. The fourth-order valence-corrected chi connectivity index (χ4v) is 3.89. The van der Waals surface area contributed by atoms with Gasteiger partial charge in [-0.3, -0.25) is 4.79 Å². The van der Waals surface area contributed by atoms with Crippen molar-refractivity contribution < 1.29 is 9.53 Å². The molecule has 0 aliphatic carbocycles. The molecule has 0 fully saturated rings. The summed E-state index contributed by atoms with van der Waals surface area (Å²) in [4.78, 5) is 17.3. The molecule has 5 heteroatoms. The molecular formula is C28H31N3O2. The summed E-state index contributed by atoms with van der Waals surface area (Å²) in [7, 11) is 0. The van der Waals surface area contributed by atoms with Crippen molar-refractivity contribution in [3.63, 3.8) is 0 Å². The Hall–Kier alpha value is -3.60. The van der Waals surface area contributed by atoms with Crippen LogP contribution in [0.5, 0.6) is 5.75 Å². The van der Waals surface area contributed by atoms with E-state index in [0.717, 1.165) is 47.6 Å². The van der Waals surface area contributed by atoms with Gasteiger partial charge in [0.05, 0.1) is 17.6 Å². The number of carbonyl (C=O) groups is 1. The van der Waals surface area contributed by atoms with Crippen molar-refractivity contribution in [2.24, 2.45) is 0 Å². The maximum atomic E-state index is 12.4. The van der Waals surface area contributed by atoms with Crippen LogP contribution in [0.1, 0.15) is 40.7 Å². The first-order chi connectivity index (χ1) is 16.1. The molecule has 0 saturated heterocycles. The summed E-state index contributed by atoms with van der Waals surface area (Å²) in [6.07, 6.45) is 2.58. The third kappa shape index (κ3) is 5.80. The molecule has 0 aliphatic heterocycles. The number of nitrogens with zero attached hydrogens (tertiary/aromatic N) is 2. The van der Waals surface area contributed by atoms with E-state index in [4.69, 9.17) is 9.72 Å². The van der Waals surface area contributed by atoms with Gasteiger partial charge < -0.3 is 14.6 Å². The highest BCUT2D eigenvalue weighted by molar-refractivity contribution is 5.94. The number of imidazole rings is 1. The molecule has 0 saturated carbocycles. The molecule has 0 atom stereocenters. The van der Waals surface area contributed by atoms with Gasteiger partial charge in [-0.15, -0.1) is 0 Å². The zero-order valence-corrected chi connectivity index (χ0v) is 19.4. The predicted octanol–water partition coefficient (Wildman–Crippen LogP) is 5.35. The Morgan fingerprint density at radius 2 is 1.76 bits per heavy atom. The summed E-state index contributed by atoms with van der Waals surface area (Å²) in [5.74, 6) is 1.83. The lowest BCUT2D eigenvalue weighted by Gasteiger charge is -2.11. The first-order valence-electron chi connectivity index (χ1n) is 11.6. The van der Waals surface area contributed by atoms with Gasteiger partial charge in [0.15, 0.2) is 0 Å². The molecule has 0 bridgehead atoms.